The summed E-state index contributed by atoms with van der Waals surface area (Å²) >= 11 is 14.2. The van der Waals surface area contributed by atoms with Gasteiger partial charge in [0.15, 0.2) is 0 Å². The molecule has 0 aliphatic carbocycles. The number of rotatable bonds is 0. The summed E-state index contributed by atoms with van der Waals surface area (Å²) in [4.78, 5) is 0.672. The zero-order chi connectivity index (χ0) is 9.42. The van der Waals surface area contributed by atoms with Crippen molar-refractivity contribution in [1.82, 2.24) is 0 Å². The maximum absolute atomic E-state index is 5.91. The van der Waals surface area contributed by atoms with Crippen molar-refractivity contribution in [2.75, 3.05) is 11.9 Å². The van der Waals surface area contributed by atoms with Gasteiger partial charge in [0.25, 0.3) is 0 Å². The number of hydrogen-bond donors (Lipinski definition) is 1. The van der Waals surface area contributed by atoms with E-state index < -0.39 is 0 Å². The van der Waals surface area contributed by atoms with Crippen molar-refractivity contribution in [3.8, 4) is 5.75 Å². The van der Waals surface area contributed by atoms with Gasteiger partial charge in [-0.1, -0.05) is 23.8 Å². The molecule has 0 atom stereocenters. The van der Waals surface area contributed by atoms with Crippen LogP contribution in [0.5, 0.6) is 5.75 Å². The first kappa shape index (κ1) is 9.24. The Bertz CT molecular complexity index is 383. The van der Waals surface area contributed by atoms with Gasteiger partial charge in [0.05, 0.1) is 10.7 Å². The van der Waals surface area contributed by atoms with Crippen molar-refractivity contribution in [2.45, 2.75) is 0 Å². The molecule has 0 bridgehead atoms. The van der Waals surface area contributed by atoms with Crippen molar-refractivity contribution < 1.29 is 4.74 Å². The van der Waals surface area contributed by atoms with Crippen molar-refractivity contribution in [2.24, 2.45) is 0 Å². The Morgan fingerprint density at radius 3 is 3.08 bits per heavy atom. The monoisotopic (exact) mass is 277 g/mol. The van der Waals surface area contributed by atoms with E-state index in [4.69, 9.17) is 28.6 Å². The van der Waals surface area contributed by atoms with Crippen LogP contribution in [0.2, 0.25) is 5.02 Å². The van der Waals surface area contributed by atoms with Gasteiger partial charge in [-0.25, -0.2) is 0 Å². The van der Waals surface area contributed by atoms with Gasteiger partial charge in [0, 0.05) is 4.47 Å². The largest absolute Gasteiger partial charge is 0.484 e. The summed E-state index contributed by atoms with van der Waals surface area (Å²) in [6.07, 6.45) is 0. The zero-order valence-corrected chi connectivity index (χ0v) is 9.59. The van der Waals surface area contributed by atoms with Gasteiger partial charge in [-0.15, -0.1) is 0 Å². The molecule has 1 aromatic carbocycles. The van der Waals surface area contributed by atoms with Gasteiger partial charge in [-0.2, -0.15) is 0 Å². The number of nitrogens with one attached hydrogen (secondary N) is 1. The lowest BCUT2D eigenvalue weighted by atomic mass is 10.2. The van der Waals surface area contributed by atoms with Crippen LogP contribution in [-0.4, -0.2) is 11.6 Å². The Morgan fingerprint density at radius 2 is 2.31 bits per heavy atom. The fourth-order valence-electron chi connectivity index (χ4n) is 1.08. The van der Waals surface area contributed by atoms with Crippen molar-refractivity contribution in [3.05, 3.63) is 21.6 Å². The number of thiocarbonyl (C=S) groups is 1. The summed E-state index contributed by atoms with van der Waals surface area (Å²) in [5.41, 5.74) is 0.824. The topological polar surface area (TPSA) is 21.3 Å². The standard InChI is InChI=1S/C8H5BrClNOS/c9-4-1-7-6(2-5(4)10)11-8(13)3-12-7/h1-2H,3H2,(H,11,13). The van der Waals surface area contributed by atoms with E-state index in [9.17, 15) is 0 Å². The van der Waals surface area contributed by atoms with Crippen LogP contribution in [0.1, 0.15) is 0 Å². The summed E-state index contributed by atoms with van der Waals surface area (Å²) in [6, 6.07) is 3.61. The molecular weight excluding hydrogens is 274 g/mol. The molecule has 0 fully saturated rings. The molecule has 0 spiro atoms. The second-order valence-corrected chi connectivity index (χ2v) is 4.35. The molecule has 0 radical (unpaired) electrons. The van der Waals surface area contributed by atoms with Crippen LogP contribution >= 0.6 is 39.7 Å². The van der Waals surface area contributed by atoms with Crippen molar-refractivity contribution >= 4 is 50.4 Å². The van der Waals surface area contributed by atoms with Crippen LogP contribution in [0.3, 0.4) is 0 Å². The summed E-state index contributed by atoms with van der Waals surface area (Å²) < 4.78 is 6.20. The summed E-state index contributed by atoms with van der Waals surface area (Å²) in [6.45, 7) is 0.427. The first-order valence-electron chi connectivity index (χ1n) is 3.58. The summed E-state index contributed by atoms with van der Waals surface area (Å²) in [5, 5.41) is 3.67. The highest BCUT2D eigenvalue weighted by Gasteiger charge is 2.14. The average Bonchev–Trinajstić information content (AvgIpc) is 2.08. The smallest absolute Gasteiger partial charge is 0.144 e. The minimum absolute atomic E-state index is 0.427. The maximum atomic E-state index is 5.91. The molecular formula is C8H5BrClNOS. The lowest BCUT2D eigenvalue weighted by Gasteiger charge is -2.20. The predicted molar refractivity (Wildman–Crippen MR) is 60.9 cm³/mol. The molecule has 1 N–H and O–H groups in total. The molecule has 0 saturated heterocycles. The Kier molecular flexibility index (Phi) is 2.45. The van der Waals surface area contributed by atoms with Crippen LogP contribution < -0.4 is 10.1 Å². The lowest BCUT2D eigenvalue weighted by molar-refractivity contribution is 0.375. The van der Waals surface area contributed by atoms with Crippen LogP contribution in [-0.2, 0) is 0 Å². The number of fused-ring (bicyclic) bond motifs is 1. The average molecular weight is 279 g/mol. The van der Waals surface area contributed by atoms with Gasteiger partial charge >= 0.3 is 0 Å². The number of ether oxygens (including phenoxy) is 1. The second kappa shape index (κ2) is 3.44. The summed E-state index contributed by atoms with van der Waals surface area (Å²) in [7, 11) is 0. The predicted octanol–water partition coefficient (Wildman–Crippen LogP) is 3.23. The molecule has 0 amide bonds. The van der Waals surface area contributed by atoms with E-state index in [1.54, 1.807) is 6.07 Å². The number of benzene rings is 1. The van der Waals surface area contributed by atoms with Crippen LogP contribution in [0.15, 0.2) is 16.6 Å². The third-order valence-corrected chi connectivity index (χ3v) is 3.07. The Morgan fingerprint density at radius 1 is 1.54 bits per heavy atom. The molecule has 68 valence electrons. The van der Waals surface area contributed by atoms with Gasteiger partial charge < -0.3 is 10.1 Å². The first-order valence-corrected chi connectivity index (χ1v) is 5.16. The van der Waals surface area contributed by atoms with E-state index in [2.05, 4.69) is 21.2 Å². The molecule has 1 aliphatic rings. The van der Waals surface area contributed by atoms with E-state index >= 15 is 0 Å². The molecule has 1 heterocycles. The van der Waals surface area contributed by atoms with Crippen LogP contribution in [0.4, 0.5) is 5.69 Å². The molecule has 2 nitrogen and oxygen atoms in total. The lowest BCUT2D eigenvalue weighted by Crippen LogP contribution is -2.23. The molecule has 1 aliphatic heterocycles. The van der Waals surface area contributed by atoms with Crippen LogP contribution in [0, 0.1) is 0 Å². The molecule has 0 aromatic heterocycles. The SMILES string of the molecule is S=C1COc2cc(Br)c(Cl)cc2N1. The quantitative estimate of drug-likeness (QED) is 0.736. The fraction of sp³-hybridized carbons (Fsp3) is 0.125. The van der Waals surface area contributed by atoms with Gasteiger partial charge in [0.1, 0.15) is 17.3 Å². The Labute approximate surface area is 94.3 Å². The Balaban J connectivity index is 2.49. The third kappa shape index (κ3) is 1.80. The molecule has 1 aromatic rings. The highest BCUT2D eigenvalue weighted by molar-refractivity contribution is 9.10. The molecule has 0 saturated carbocycles. The van der Waals surface area contributed by atoms with E-state index in [0.29, 0.717) is 16.6 Å². The third-order valence-electron chi connectivity index (χ3n) is 1.66. The minimum atomic E-state index is 0.427. The van der Waals surface area contributed by atoms with E-state index in [1.807, 2.05) is 6.07 Å². The molecule has 13 heavy (non-hydrogen) atoms. The minimum Gasteiger partial charge on any atom is -0.484 e. The molecule has 0 unspecified atom stereocenters. The van der Waals surface area contributed by atoms with E-state index in [-0.39, 0.29) is 0 Å². The molecule has 2 rings (SSSR count). The van der Waals surface area contributed by atoms with Gasteiger partial charge in [0.2, 0.25) is 0 Å². The van der Waals surface area contributed by atoms with E-state index in [1.165, 1.54) is 0 Å². The highest BCUT2D eigenvalue weighted by atomic mass is 79.9. The van der Waals surface area contributed by atoms with Gasteiger partial charge in [-0.3, -0.25) is 0 Å². The number of anilines is 1. The number of halogens is 2. The first-order chi connectivity index (χ1) is 6.16. The summed E-state index contributed by atoms with van der Waals surface area (Å²) in [5.74, 6) is 0.768. The Hall–Kier alpha value is -0.320. The fourth-order valence-corrected chi connectivity index (χ4v) is 1.73. The van der Waals surface area contributed by atoms with Gasteiger partial charge in [-0.05, 0) is 28.1 Å². The maximum Gasteiger partial charge on any atom is 0.144 e. The highest BCUT2D eigenvalue weighted by Crippen LogP contribution is 2.35. The second-order valence-electron chi connectivity index (χ2n) is 2.60. The van der Waals surface area contributed by atoms with E-state index in [0.717, 1.165) is 15.9 Å². The molecule has 5 heteroatoms. The van der Waals surface area contributed by atoms with Crippen molar-refractivity contribution in [3.63, 3.8) is 0 Å². The number of hydrogen-bond acceptors (Lipinski definition) is 2. The normalized spacial score (nSPS) is 14.5. The van der Waals surface area contributed by atoms with Crippen molar-refractivity contribution in [1.29, 1.82) is 0 Å². The van der Waals surface area contributed by atoms with Crippen LogP contribution in [0.25, 0.3) is 0 Å². The zero-order valence-electron chi connectivity index (χ0n) is 6.43.